The van der Waals surface area contributed by atoms with E-state index >= 15 is 0 Å². The van der Waals surface area contributed by atoms with Crippen LogP contribution in [-0.2, 0) is 0 Å². The van der Waals surface area contributed by atoms with Gasteiger partial charge in [0.15, 0.2) is 0 Å². The number of anilines is 1. The molecule has 0 saturated carbocycles. The third-order valence-electron chi connectivity index (χ3n) is 13.6. The third-order valence-corrected chi connectivity index (χ3v) is 13.6. The van der Waals surface area contributed by atoms with Crippen molar-refractivity contribution in [2.45, 2.75) is 0 Å². The molecule has 4 heteroatoms. The lowest BCUT2D eigenvalue weighted by molar-refractivity contribution is 1.36. The molecule has 0 fully saturated rings. The number of nitrogens with one attached hydrogen (secondary N) is 2. The van der Waals surface area contributed by atoms with Crippen LogP contribution in [0.2, 0.25) is 0 Å². The summed E-state index contributed by atoms with van der Waals surface area (Å²) < 4.78 is 0. The Balaban J connectivity index is 0.000000157. The molecule has 4 nitrogen and oxygen atoms in total. The third kappa shape index (κ3) is 7.51. The van der Waals surface area contributed by atoms with Crippen LogP contribution in [0.4, 0.5) is 5.69 Å². The molecule has 69 heavy (non-hydrogen) atoms. The number of nitrogen functional groups attached to an aromatic ring is 1. The molecule has 324 valence electrons. The van der Waals surface area contributed by atoms with Crippen molar-refractivity contribution in [1.82, 2.24) is 4.98 Å². The second-order valence-corrected chi connectivity index (χ2v) is 17.7. The Hall–Kier alpha value is -9.25. The fourth-order valence-electron chi connectivity index (χ4n) is 10.2. The Morgan fingerprint density at radius 1 is 0.319 bits per heavy atom. The molecule has 0 saturated heterocycles. The summed E-state index contributed by atoms with van der Waals surface area (Å²) in [5.41, 5.74) is 18.7. The van der Waals surface area contributed by atoms with Gasteiger partial charge in [0.25, 0.3) is 0 Å². The van der Waals surface area contributed by atoms with Gasteiger partial charge in [0.2, 0.25) is 0 Å². The maximum absolute atomic E-state index is 8.26. The highest BCUT2D eigenvalue weighted by Crippen LogP contribution is 2.46. The van der Waals surface area contributed by atoms with E-state index in [1.807, 2.05) is 30.6 Å². The van der Waals surface area contributed by atoms with Gasteiger partial charge in [0.05, 0.1) is 11.4 Å². The average molecular weight is 881 g/mol. The number of aromatic nitrogens is 1. The van der Waals surface area contributed by atoms with Crippen molar-refractivity contribution in [1.29, 1.82) is 10.8 Å². The quantitative estimate of drug-likeness (QED) is 0.0914. The van der Waals surface area contributed by atoms with Crippen LogP contribution < -0.4 is 5.73 Å². The molecule has 11 aromatic carbocycles. The number of hydrogen-bond donors (Lipinski definition) is 3. The predicted molar refractivity (Wildman–Crippen MR) is 294 cm³/mol. The van der Waals surface area contributed by atoms with Gasteiger partial charge in [-0.25, -0.2) is 0 Å². The highest BCUT2D eigenvalue weighted by atomic mass is 14.6. The Morgan fingerprint density at radius 2 is 0.812 bits per heavy atom. The molecule has 0 bridgehead atoms. The number of nitrogens with two attached hydrogens (primary N) is 1. The molecule has 1 aliphatic rings. The summed E-state index contributed by atoms with van der Waals surface area (Å²) in [4.78, 5) is 4.47. The van der Waals surface area contributed by atoms with Crippen molar-refractivity contribution in [3.8, 4) is 44.5 Å². The van der Waals surface area contributed by atoms with E-state index in [4.69, 9.17) is 16.6 Å². The molecule has 0 amide bonds. The highest BCUT2D eigenvalue weighted by Gasteiger charge is 2.19. The van der Waals surface area contributed by atoms with E-state index in [0.717, 1.165) is 27.8 Å². The van der Waals surface area contributed by atoms with Crippen LogP contribution in [0.5, 0.6) is 0 Å². The minimum Gasteiger partial charge on any atom is -0.399 e. The zero-order valence-corrected chi connectivity index (χ0v) is 37.6. The SMILES string of the molecule is N=C1C=CC(c2ccc3c(-c4ccc5ccccc5c4)c4ccccc4c(-c4ccc5ccccc5c4)c3c2)=CC1=N.Nc1ccc(-c2ccc(-c3cncc4ccccc34)c3ccccc23)cc1. The minimum atomic E-state index is 0.234. The molecule has 0 radical (unpaired) electrons. The van der Waals surface area contributed by atoms with Gasteiger partial charge in [-0.3, -0.25) is 15.8 Å². The van der Waals surface area contributed by atoms with E-state index in [-0.39, 0.29) is 11.4 Å². The molecular formula is C65H44N4. The molecule has 1 heterocycles. The molecule has 1 aromatic heterocycles. The lowest BCUT2D eigenvalue weighted by atomic mass is 9.84. The molecule has 4 N–H and O–H groups in total. The maximum atomic E-state index is 8.26. The van der Waals surface area contributed by atoms with Crippen LogP contribution >= 0.6 is 0 Å². The van der Waals surface area contributed by atoms with Crippen LogP contribution in [0.3, 0.4) is 0 Å². The van der Waals surface area contributed by atoms with E-state index in [1.165, 1.54) is 98.2 Å². The minimum absolute atomic E-state index is 0.234. The predicted octanol–water partition coefficient (Wildman–Crippen LogP) is 16.9. The Bertz CT molecular complexity index is 4120. The molecule has 0 aliphatic heterocycles. The monoisotopic (exact) mass is 880 g/mol. The van der Waals surface area contributed by atoms with E-state index in [2.05, 4.69) is 205 Å². The van der Waals surface area contributed by atoms with Crippen LogP contribution in [-0.4, -0.2) is 16.4 Å². The molecule has 0 atom stereocenters. The Morgan fingerprint density at radius 3 is 1.45 bits per heavy atom. The van der Waals surface area contributed by atoms with Gasteiger partial charge in [0, 0.05) is 29.0 Å². The fraction of sp³-hybridized carbons (Fsp3) is 0. The number of hydrogen-bond acceptors (Lipinski definition) is 4. The van der Waals surface area contributed by atoms with Crippen LogP contribution in [0.1, 0.15) is 5.56 Å². The van der Waals surface area contributed by atoms with Crippen LogP contribution in [0.25, 0.3) is 115 Å². The first kappa shape index (κ1) is 41.2. The normalized spacial score (nSPS) is 12.5. The zero-order valence-electron chi connectivity index (χ0n) is 37.6. The number of rotatable bonds is 5. The van der Waals surface area contributed by atoms with Gasteiger partial charge >= 0.3 is 0 Å². The average Bonchev–Trinajstić information content (AvgIpc) is 3.40. The van der Waals surface area contributed by atoms with Gasteiger partial charge in [0.1, 0.15) is 0 Å². The summed E-state index contributed by atoms with van der Waals surface area (Å²) >= 11 is 0. The second-order valence-electron chi connectivity index (χ2n) is 17.7. The van der Waals surface area contributed by atoms with Crippen molar-refractivity contribution in [2.75, 3.05) is 5.73 Å². The highest BCUT2D eigenvalue weighted by molar-refractivity contribution is 6.50. The lowest BCUT2D eigenvalue weighted by Gasteiger charge is -2.20. The second kappa shape index (κ2) is 17.2. The Labute approximate surface area is 400 Å². The van der Waals surface area contributed by atoms with Crippen molar-refractivity contribution in [3.05, 3.63) is 249 Å². The molecule has 0 spiro atoms. The standard InChI is InChI=1S/C40H26N2.C25H18N2/c41-37-20-18-30(24-38(37)42)29-17-19-35-36(23-29)40(32-16-14-26-8-2-4-10-28(26)22-32)34-12-6-5-11-33(34)39(35)31-15-13-25-7-1-3-9-27(25)21-31;26-19-11-9-17(10-12-19)21-13-14-24(23-8-4-3-7-22(21)23)25-16-27-15-18-5-1-2-6-20(18)25/h1-24,41-42H;1-16H,26H2. The summed E-state index contributed by atoms with van der Waals surface area (Å²) in [5.74, 6) is 0. The van der Waals surface area contributed by atoms with Crippen molar-refractivity contribution in [2.24, 2.45) is 0 Å². The first-order valence-electron chi connectivity index (χ1n) is 23.2. The lowest BCUT2D eigenvalue weighted by Crippen LogP contribution is -2.09. The van der Waals surface area contributed by atoms with Crippen LogP contribution in [0.15, 0.2) is 243 Å². The van der Waals surface area contributed by atoms with Crippen molar-refractivity contribution >= 4 is 87.3 Å². The summed E-state index contributed by atoms with van der Waals surface area (Å²) in [7, 11) is 0. The molecule has 12 aromatic rings. The molecule has 1 aliphatic carbocycles. The summed E-state index contributed by atoms with van der Waals surface area (Å²) in [6, 6.07) is 75.4. The number of fused-ring (bicyclic) bond motifs is 6. The van der Waals surface area contributed by atoms with Gasteiger partial charge < -0.3 is 5.73 Å². The van der Waals surface area contributed by atoms with Gasteiger partial charge in [-0.15, -0.1) is 0 Å². The fourth-order valence-corrected chi connectivity index (χ4v) is 10.2. The number of benzene rings is 11. The summed E-state index contributed by atoms with van der Waals surface area (Å²) in [6.45, 7) is 0. The number of allylic oxidation sites excluding steroid dienone is 4. The maximum Gasteiger partial charge on any atom is 0.0795 e. The van der Waals surface area contributed by atoms with E-state index in [1.54, 1.807) is 12.2 Å². The molecule has 0 unspecified atom stereocenters. The summed E-state index contributed by atoms with van der Waals surface area (Å²) in [5, 5.41) is 30.8. The van der Waals surface area contributed by atoms with Gasteiger partial charge in [-0.2, -0.15) is 0 Å². The topological polar surface area (TPSA) is 86.6 Å². The van der Waals surface area contributed by atoms with E-state index in [0.29, 0.717) is 0 Å². The smallest absolute Gasteiger partial charge is 0.0795 e. The number of pyridine rings is 1. The van der Waals surface area contributed by atoms with Gasteiger partial charge in [-0.1, -0.05) is 188 Å². The zero-order chi connectivity index (χ0) is 46.4. The number of nitrogens with zero attached hydrogens (tertiary/aromatic N) is 1. The molecular weight excluding hydrogens is 837 g/mol. The van der Waals surface area contributed by atoms with E-state index in [9.17, 15) is 0 Å². The van der Waals surface area contributed by atoms with Crippen molar-refractivity contribution < 1.29 is 0 Å². The first-order chi connectivity index (χ1) is 33.9. The van der Waals surface area contributed by atoms with Crippen molar-refractivity contribution in [3.63, 3.8) is 0 Å². The summed E-state index contributed by atoms with van der Waals surface area (Å²) in [6.07, 6.45) is 9.34. The van der Waals surface area contributed by atoms with Crippen LogP contribution in [0, 0.1) is 10.8 Å². The first-order valence-corrected chi connectivity index (χ1v) is 23.2. The van der Waals surface area contributed by atoms with Gasteiger partial charge in [-0.05, 0) is 152 Å². The Kier molecular flexibility index (Phi) is 10.3. The molecule has 13 rings (SSSR count). The van der Waals surface area contributed by atoms with E-state index < -0.39 is 0 Å². The largest absolute Gasteiger partial charge is 0.399 e.